The molecule has 0 atom stereocenters. The summed E-state index contributed by atoms with van der Waals surface area (Å²) in [7, 11) is 0. The van der Waals surface area contributed by atoms with Crippen LogP contribution in [0.3, 0.4) is 0 Å². The Morgan fingerprint density at radius 3 is 2.67 bits per heavy atom. The van der Waals surface area contributed by atoms with Crippen LogP contribution in [-0.4, -0.2) is 11.8 Å². The van der Waals surface area contributed by atoms with Gasteiger partial charge in [0, 0.05) is 21.5 Å². The molecule has 6 heteroatoms. The topological polar surface area (TPSA) is 64.7 Å². The number of nitrogens with two attached hydrogens (primary N) is 1. The minimum absolute atomic E-state index is 0.112. The number of carbonyl (C=O) groups excluding carboxylic acids is 1. The minimum Gasteiger partial charge on any atom is -0.380 e. The average molecular weight is 321 g/mol. The van der Waals surface area contributed by atoms with Gasteiger partial charge in [-0.25, -0.2) is 4.79 Å². The summed E-state index contributed by atoms with van der Waals surface area (Å²) in [4.78, 5) is 17.3. The number of carbonyl (C=O) groups is 1. The molecule has 108 valence electrons. The molecule has 0 unspecified atom stereocenters. The molecular weight excluding hydrogens is 308 g/mol. The lowest BCUT2D eigenvalue weighted by Crippen LogP contribution is -2.14. The molecule has 2 aromatic rings. The zero-order valence-electron chi connectivity index (χ0n) is 11.2. The van der Waals surface area contributed by atoms with Crippen molar-refractivity contribution in [2.45, 2.75) is 6.92 Å². The third-order valence-corrected chi connectivity index (χ3v) is 3.88. The molecule has 2 rings (SSSR count). The molecule has 4 nitrogen and oxygen atoms in total. The van der Waals surface area contributed by atoms with Crippen LogP contribution in [0.15, 0.2) is 46.9 Å². The van der Waals surface area contributed by atoms with E-state index in [4.69, 9.17) is 22.2 Å². The van der Waals surface area contributed by atoms with Gasteiger partial charge >= 0.3 is 5.97 Å². The number of oxime groups is 1. The van der Waals surface area contributed by atoms with Crippen LogP contribution in [-0.2, 0) is 9.63 Å². The summed E-state index contributed by atoms with van der Waals surface area (Å²) >= 11 is 7.32. The highest BCUT2D eigenvalue weighted by Crippen LogP contribution is 2.17. The van der Waals surface area contributed by atoms with Gasteiger partial charge in [-0.2, -0.15) is 0 Å². The summed E-state index contributed by atoms with van der Waals surface area (Å²) in [5.74, 6) is -0.472. The van der Waals surface area contributed by atoms with Gasteiger partial charge in [-0.3, -0.25) is 0 Å². The molecule has 2 N–H and O–H groups in total. The maximum absolute atomic E-state index is 11.6. The van der Waals surface area contributed by atoms with Gasteiger partial charge in [0.15, 0.2) is 5.84 Å². The third kappa shape index (κ3) is 4.44. The minimum atomic E-state index is -0.584. The number of rotatable bonds is 4. The van der Waals surface area contributed by atoms with Crippen molar-refractivity contribution in [3.63, 3.8) is 0 Å². The molecule has 0 aliphatic carbocycles. The first-order chi connectivity index (χ1) is 10.1. The summed E-state index contributed by atoms with van der Waals surface area (Å²) < 4.78 is 0. The molecule has 21 heavy (non-hydrogen) atoms. The van der Waals surface area contributed by atoms with Gasteiger partial charge in [-0.1, -0.05) is 16.8 Å². The van der Waals surface area contributed by atoms with Gasteiger partial charge in [0.1, 0.15) is 0 Å². The molecule has 1 heterocycles. The van der Waals surface area contributed by atoms with Crippen LogP contribution in [0, 0.1) is 6.92 Å². The van der Waals surface area contributed by atoms with E-state index in [0.717, 1.165) is 10.4 Å². The van der Waals surface area contributed by atoms with Crippen molar-refractivity contribution in [2.75, 3.05) is 0 Å². The summed E-state index contributed by atoms with van der Waals surface area (Å²) in [6.07, 6.45) is 3.01. The Labute approximate surface area is 131 Å². The quantitative estimate of drug-likeness (QED) is 0.308. The molecule has 0 bridgehead atoms. The van der Waals surface area contributed by atoms with E-state index in [9.17, 15) is 4.79 Å². The van der Waals surface area contributed by atoms with Crippen molar-refractivity contribution >= 4 is 40.8 Å². The number of thiophene rings is 1. The highest BCUT2D eigenvalue weighted by Gasteiger charge is 2.02. The molecule has 1 aromatic heterocycles. The van der Waals surface area contributed by atoms with Crippen LogP contribution in [0.1, 0.15) is 16.0 Å². The number of aryl methyl sites for hydroxylation is 1. The maximum atomic E-state index is 11.6. The van der Waals surface area contributed by atoms with Crippen molar-refractivity contribution < 1.29 is 9.63 Å². The number of halogens is 1. The van der Waals surface area contributed by atoms with E-state index in [0.29, 0.717) is 10.6 Å². The fourth-order valence-corrected chi connectivity index (χ4v) is 2.44. The lowest BCUT2D eigenvalue weighted by Gasteiger charge is -1.99. The monoisotopic (exact) mass is 320 g/mol. The van der Waals surface area contributed by atoms with E-state index in [1.54, 1.807) is 41.7 Å². The van der Waals surface area contributed by atoms with Crippen molar-refractivity contribution in [3.05, 3.63) is 62.8 Å². The lowest BCUT2D eigenvalue weighted by molar-refractivity contribution is -0.137. The first kappa shape index (κ1) is 15.3. The van der Waals surface area contributed by atoms with Crippen LogP contribution >= 0.6 is 22.9 Å². The molecule has 0 spiro atoms. The molecular formula is C15H13ClN2O2S. The molecule has 0 aliphatic rings. The highest BCUT2D eigenvalue weighted by atomic mass is 35.5. The fourth-order valence-electron chi connectivity index (χ4n) is 1.50. The second-order valence-electron chi connectivity index (χ2n) is 4.19. The van der Waals surface area contributed by atoms with Crippen molar-refractivity contribution in [2.24, 2.45) is 10.9 Å². The second kappa shape index (κ2) is 7.06. The molecule has 0 radical (unpaired) electrons. The predicted octanol–water partition coefficient (Wildman–Crippen LogP) is 3.59. The Morgan fingerprint density at radius 1 is 1.33 bits per heavy atom. The average Bonchev–Trinajstić information content (AvgIpc) is 2.88. The smallest absolute Gasteiger partial charge is 0.358 e. The van der Waals surface area contributed by atoms with Crippen LogP contribution in [0.5, 0.6) is 0 Å². The van der Waals surface area contributed by atoms with Gasteiger partial charge in [0.25, 0.3) is 0 Å². The van der Waals surface area contributed by atoms with Crippen LogP contribution in [0.4, 0.5) is 0 Å². The van der Waals surface area contributed by atoms with E-state index in [2.05, 4.69) is 5.16 Å². The van der Waals surface area contributed by atoms with E-state index >= 15 is 0 Å². The Kier molecular flexibility index (Phi) is 5.14. The van der Waals surface area contributed by atoms with Gasteiger partial charge < -0.3 is 10.6 Å². The molecule has 0 aliphatic heterocycles. The zero-order valence-corrected chi connectivity index (χ0v) is 12.8. The second-order valence-corrected chi connectivity index (χ2v) is 5.58. The molecule has 0 saturated carbocycles. The first-order valence-electron chi connectivity index (χ1n) is 6.09. The molecule has 1 aromatic carbocycles. The van der Waals surface area contributed by atoms with Crippen molar-refractivity contribution in [1.29, 1.82) is 0 Å². The third-order valence-electron chi connectivity index (χ3n) is 2.65. The van der Waals surface area contributed by atoms with E-state index < -0.39 is 5.97 Å². The normalized spacial score (nSPS) is 11.8. The highest BCUT2D eigenvalue weighted by molar-refractivity contribution is 7.11. The Bertz CT molecular complexity index is 690. The van der Waals surface area contributed by atoms with Gasteiger partial charge in [-0.15, -0.1) is 11.3 Å². The van der Waals surface area contributed by atoms with Gasteiger partial charge in [0.2, 0.25) is 0 Å². The lowest BCUT2D eigenvalue weighted by atomic mass is 10.2. The van der Waals surface area contributed by atoms with Crippen molar-refractivity contribution in [3.8, 4) is 0 Å². The first-order valence-corrected chi connectivity index (χ1v) is 7.34. The van der Waals surface area contributed by atoms with Crippen molar-refractivity contribution in [1.82, 2.24) is 0 Å². The van der Waals surface area contributed by atoms with E-state index in [-0.39, 0.29) is 5.84 Å². The summed E-state index contributed by atoms with van der Waals surface area (Å²) in [5, 5.41) is 6.15. The molecule has 0 amide bonds. The summed E-state index contributed by atoms with van der Waals surface area (Å²) in [5.41, 5.74) is 7.45. The number of nitrogens with zero attached hydrogens (tertiary/aromatic N) is 1. The Hall–Kier alpha value is -2.11. The maximum Gasteiger partial charge on any atom is 0.358 e. The van der Waals surface area contributed by atoms with E-state index in [1.165, 1.54) is 6.08 Å². The number of hydrogen-bond acceptors (Lipinski definition) is 4. The Morgan fingerprint density at radius 2 is 2.05 bits per heavy atom. The summed E-state index contributed by atoms with van der Waals surface area (Å²) in [6, 6.07) is 8.73. The van der Waals surface area contributed by atoms with Crippen LogP contribution < -0.4 is 5.73 Å². The standard InChI is InChI=1S/C15H13ClN2O2S/c1-10-8-9-21-13(10)6-7-14(19)20-18-15(17)11-2-4-12(16)5-3-11/h2-9H,1H3,(H2,17,18)/b7-6+. The van der Waals surface area contributed by atoms with Crippen LogP contribution in [0.2, 0.25) is 5.02 Å². The number of amidine groups is 1. The van der Waals surface area contributed by atoms with E-state index in [1.807, 2.05) is 18.4 Å². The Balaban J connectivity index is 1.97. The summed E-state index contributed by atoms with van der Waals surface area (Å²) in [6.45, 7) is 1.97. The molecule has 0 fully saturated rings. The fraction of sp³-hybridized carbons (Fsp3) is 0.0667. The number of hydrogen-bond donors (Lipinski definition) is 1. The van der Waals surface area contributed by atoms with Gasteiger partial charge in [-0.05, 0) is 54.3 Å². The van der Waals surface area contributed by atoms with Gasteiger partial charge in [0.05, 0.1) is 0 Å². The zero-order chi connectivity index (χ0) is 15.2. The molecule has 0 saturated heterocycles. The predicted molar refractivity (Wildman–Crippen MR) is 86.4 cm³/mol. The number of benzene rings is 1. The van der Waals surface area contributed by atoms with Crippen LogP contribution in [0.25, 0.3) is 6.08 Å². The SMILES string of the molecule is Cc1ccsc1/C=C/C(=O)O/N=C(\N)c1ccc(Cl)cc1. The largest absolute Gasteiger partial charge is 0.380 e.